The summed E-state index contributed by atoms with van der Waals surface area (Å²) in [7, 11) is 0. The molecule has 2 aliphatic rings. The number of aromatic nitrogens is 5. The van der Waals surface area contributed by atoms with Gasteiger partial charge in [0.05, 0.1) is 12.9 Å². The zero-order chi connectivity index (χ0) is 29.5. The van der Waals surface area contributed by atoms with Gasteiger partial charge in [0.15, 0.2) is 47.3 Å². The van der Waals surface area contributed by atoms with Crippen molar-refractivity contribution in [3.05, 3.63) is 23.8 Å². The highest BCUT2D eigenvalue weighted by Crippen LogP contribution is 2.43. The molecule has 3 N–H and O–H groups in total. The van der Waals surface area contributed by atoms with Crippen LogP contribution in [0.25, 0.3) is 11.2 Å². The van der Waals surface area contributed by atoms with Gasteiger partial charge in [-0.15, -0.1) is 0 Å². The number of rotatable bonds is 15. The van der Waals surface area contributed by atoms with Crippen molar-refractivity contribution in [1.29, 1.82) is 0 Å². The molecule has 0 radical (unpaired) electrons. The van der Waals surface area contributed by atoms with E-state index in [1.165, 1.54) is 31.7 Å². The van der Waals surface area contributed by atoms with E-state index in [1.807, 2.05) is 0 Å². The van der Waals surface area contributed by atoms with Gasteiger partial charge in [-0.1, -0.05) is 25.4 Å². The lowest BCUT2D eigenvalue weighted by Gasteiger charge is -2.26. The van der Waals surface area contributed by atoms with E-state index in [1.54, 1.807) is 4.57 Å². The molecule has 2 saturated heterocycles. The fourth-order valence-corrected chi connectivity index (χ4v) is 5.53. The monoisotopic (exact) mass is 586 g/mol. The van der Waals surface area contributed by atoms with Gasteiger partial charge in [0.2, 0.25) is 5.95 Å². The first-order valence-corrected chi connectivity index (χ1v) is 14.5. The SMILES string of the molecule is CCC(CC)Nc1nc(NCCN2CCCCC2)nc2c1ncn2[C@@H]1O[C@H](c2cc(CO)no2)[C@@H](OC=O)[C@H]1OC=O. The summed E-state index contributed by atoms with van der Waals surface area (Å²) in [6.07, 6.45) is 2.89. The quantitative estimate of drug-likeness (QED) is 0.221. The normalized spacial score (nSPS) is 22.9. The minimum absolute atomic E-state index is 0.172. The number of hydrogen-bond donors (Lipinski definition) is 3. The van der Waals surface area contributed by atoms with E-state index in [9.17, 15) is 14.7 Å². The zero-order valence-electron chi connectivity index (χ0n) is 23.8. The summed E-state index contributed by atoms with van der Waals surface area (Å²) in [6.45, 7) is 8.08. The molecule has 0 aromatic carbocycles. The average molecular weight is 587 g/mol. The molecule has 3 aromatic heterocycles. The van der Waals surface area contributed by atoms with E-state index in [4.69, 9.17) is 28.7 Å². The van der Waals surface area contributed by atoms with E-state index in [0.29, 0.717) is 29.5 Å². The van der Waals surface area contributed by atoms with Crippen LogP contribution in [0.2, 0.25) is 0 Å². The number of piperidine rings is 1. The topological polar surface area (TPSA) is 179 Å². The van der Waals surface area contributed by atoms with Crippen molar-refractivity contribution in [3.8, 4) is 0 Å². The highest BCUT2D eigenvalue weighted by molar-refractivity contribution is 5.84. The third kappa shape index (κ3) is 6.32. The lowest BCUT2D eigenvalue weighted by molar-refractivity contribution is -0.151. The summed E-state index contributed by atoms with van der Waals surface area (Å²) >= 11 is 0. The third-order valence-electron chi connectivity index (χ3n) is 7.82. The number of ether oxygens (including phenoxy) is 3. The molecule has 15 heteroatoms. The first-order chi connectivity index (χ1) is 20.6. The molecule has 2 fully saturated rings. The van der Waals surface area contributed by atoms with Crippen molar-refractivity contribution in [1.82, 2.24) is 29.6 Å². The first kappa shape index (κ1) is 29.7. The second-order valence-corrected chi connectivity index (χ2v) is 10.4. The number of hydrogen-bond acceptors (Lipinski definition) is 14. The first-order valence-electron chi connectivity index (χ1n) is 14.5. The standard InChI is InChI=1S/C27H38N8O7/c1-3-17(4-2)30-24-20-25(32-27(31-24)28-8-11-34-9-6-5-7-10-34)35(14-29-20)26-23(40-16-38)22(39-15-37)21(41-26)19-12-18(13-36)33-42-19/h12,14-17,21-23,26,36H,3-11,13H2,1-2H3,(H2,28,30,31,32)/t21-,22-,23-,26-/m1/s1. The summed E-state index contributed by atoms with van der Waals surface area (Å²) in [5.74, 6) is 1.18. The zero-order valence-corrected chi connectivity index (χ0v) is 23.8. The number of aliphatic hydroxyl groups is 1. The fraction of sp³-hybridized carbons (Fsp3) is 0.630. The number of fused-ring (bicyclic) bond motifs is 1. The molecule has 0 spiro atoms. The maximum atomic E-state index is 11.6. The second-order valence-electron chi connectivity index (χ2n) is 10.4. The summed E-state index contributed by atoms with van der Waals surface area (Å²) in [5, 5.41) is 20.1. The predicted octanol–water partition coefficient (Wildman–Crippen LogP) is 2.16. The van der Waals surface area contributed by atoms with Crippen molar-refractivity contribution in [3.63, 3.8) is 0 Å². The molecule has 0 unspecified atom stereocenters. The molecule has 0 aliphatic carbocycles. The van der Waals surface area contributed by atoms with Gasteiger partial charge < -0.3 is 39.4 Å². The van der Waals surface area contributed by atoms with Gasteiger partial charge in [-0.05, 0) is 38.8 Å². The van der Waals surface area contributed by atoms with Crippen LogP contribution in [-0.4, -0.2) is 92.1 Å². The predicted molar refractivity (Wildman–Crippen MR) is 149 cm³/mol. The van der Waals surface area contributed by atoms with E-state index >= 15 is 0 Å². The minimum Gasteiger partial charge on any atom is -0.457 e. The second kappa shape index (κ2) is 13.9. The Balaban J connectivity index is 1.49. The van der Waals surface area contributed by atoms with Crippen LogP contribution in [0, 0.1) is 0 Å². The van der Waals surface area contributed by atoms with Crippen LogP contribution in [0.5, 0.6) is 0 Å². The highest BCUT2D eigenvalue weighted by Gasteiger charge is 2.51. The summed E-state index contributed by atoms with van der Waals surface area (Å²) < 4.78 is 24.0. The minimum atomic E-state index is -1.07. The molecule has 0 saturated carbocycles. The third-order valence-corrected chi connectivity index (χ3v) is 7.82. The Labute approximate surface area is 242 Å². The number of imidazole rings is 1. The number of nitrogens with one attached hydrogen (secondary N) is 2. The number of anilines is 2. The smallest absolute Gasteiger partial charge is 0.293 e. The van der Waals surface area contributed by atoms with Gasteiger partial charge >= 0.3 is 0 Å². The Morgan fingerprint density at radius 3 is 2.57 bits per heavy atom. The van der Waals surface area contributed by atoms with Crippen molar-refractivity contribution in [2.24, 2.45) is 0 Å². The molecular weight excluding hydrogens is 548 g/mol. The molecular formula is C27H38N8O7. The Hall–Kier alpha value is -3.82. The number of carbonyl (C=O) groups excluding carboxylic acids is 2. The van der Waals surface area contributed by atoms with Crippen LogP contribution in [0.4, 0.5) is 11.8 Å². The lowest BCUT2D eigenvalue weighted by Crippen LogP contribution is -2.34. The van der Waals surface area contributed by atoms with E-state index in [-0.39, 0.29) is 37.0 Å². The van der Waals surface area contributed by atoms with E-state index in [2.05, 4.69) is 39.5 Å². The molecule has 2 aliphatic heterocycles. The van der Waals surface area contributed by atoms with Gasteiger partial charge in [-0.2, -0.15) is 9.97 Å². The van der Waals surface area contributed by atoms with Crippen LogP contribution < -0.4 is 10.6 Å². The summed E-state index contributed by atoms with van der Waals surface area (Å²) in [4.78, 5) is 39.6. The van der Waals surface area contributed by atoms with Gasteiger partial charge in [-0.3, -0.25) is 14.2 Å². The van der Waals surface area contributed by atoms with Crippen molar-refractivity contribution in [2.45, 2.75) is 83.1 Å². The summed E-state index contributed by atoms with van der Waals surface area (Å²) in [6, 6.07) is 1.66. The van der Waals surface area contributed by atoms with Crippen LogP contribution in [0.15, 0.2) is 16.9 Å². The van der Waals surface area contributed by atoms with Crippen LogP contribution in [0.1, 0.15) is 69.7 Å². The number of carbonyl (C=O) groups is 2. The van der Waals surface area contributed by atoms with Gasteiger partial charge in [0, 0.05) is 25.2 Å². The van der Waals surface area contributed by atoms with Crippen molar-refractivity contribution in [2.75, 3.05) is 36.8 Å². The highest BCUT2D eigenvalue weighted by atomic mass is 16.6. The fourth-order valence-electron chi connectivity index (χ4n) is 5.53. The largest absolute Gasteiger partial charge is 0.457 e. The van der Waals surface area contributed by atoms with Gasteiger partial charge in [0.1, 0.15) is 5.69 Å². The molecule has 4 atom stereocenters. The van der Waals surface area contributed by atoms with Crippen molar-refractivity contribution < 1.29 is 33.4 Å². The van der Waals surface area contributed by atoms with Crippen molar-refractivity contribution >= 4 is 35.9 Å². The molecule has 228 valence electrons. The van der Waals surface area contributed by atoms with Gasteiger partial charge in [-0.25, -0.2) is 4.98 Å². The molecule has 0 amide bonds. The maximum absolute atomic E-state index is 11.6. The van der Waals surface area contributed by atoms with Crippen LogP contribution in [0.3, 0.4) is 0 Å². The molecule has 5 heterocycles. The Morgan fingerprint density at radius 1 is 1.12 bits per heavy atom. The summed E-state index contributed by atoms with van der Waals surface area (Å²) in [5.41, 5.74) is 1.21. The molecule has 42 heavy (non-hydrogen) atoms. The molecule has 3 aromatic rings. The number of nitrogens with zero attached hydrogens (tertiary/aromatic N) is 6. The van der Waals surface area contributed by atoms with Crippen LogP contribution >= 0.6 is 0 Å². The maximum Gasteiger partial charge on any atom is 0.293 e. The molecule has 0 bridgehead atoms. The van der Waals surface area contributed by atoms with Gasteiger partial charge in [0.25, 0.3) is 12.9 Å². The Morgan fingerprint density at radius 2 is 1.88 bits per heavy atom. The average Bonchev–Trinajstić information content (AvgIpc) is 3.74. The number of likely N-dealkylation sites (tertiary alicyclic amines) is 1. The molecule has 15 nitrogen and oxygen atoms in total. The molecule has 5 rings (SSSR count). The van der Waals surface area contributed by atoms with Crippen LogP contribution in [-0.2, 0) is 30.4 Å². The Kier molecular flexibility index (Phi) is 9.81. The van der Waals surface area contributed by atoms with E-state index < -0.39 is 24.5 Å². The van der Waals surface area contributed by atoms with E-state index in [0.717, 1.165) is 32.5 Å². The lowest BCUT2D eigenvalue weighted by atomic mass is 10.1. The number of aliphatic hydroxyl groups excluding tert-OH is 1. The Bertz CT molecular complexity index is 1320.